The molecule has 0 aliphatic heterocycles. The van der Waals surface area contributed by atoms with E-state index in [0.29, 0.717) is 23.3 Å². The van der Waals surface area contributed by atoms with Gasteiger partial charge in [0.1, 0.15) is 12.2 Å². The zero-order valence-electron chi connectivity index (χ0n) is 13.2. The summed E-state index contributed by atoms with van der Waals surface area (Å²) in [5, 5.41) is 13.5. The number of aryl methyl sites for hydroxylation is 1. The van der Waals surface area contributed by atoms with Crippen LogP contribution in [0.5, 0.6) is 0 Å². The number of benzene rings is 1. The fraction of sp³-hybridized carbons (Fsp3) is 0.222. The highest BCUT2D eigenvalue weighted by Gasteiger charge is 2.21. The van der Waals surface area contributed by atoms with E-state index in [9.17, 15) is 10.1 Å². The van der Waals surface area contributed by atoms with E-state index in [1.807, 2.05) is 30.3 Å². The zero-order chi connectivity index (χ0) is 16.9. The van der Waals surface area contributed by atoms with Crippen molar-refractivity contribution in [3.8, 4) is 6.07 Å². The Kier molecular flexibility index (Phi) is 4.52. The molecule has 120 valence electrons. The predicted octanol–water partition coefficient (Wildman–Crippen LogP) is 2.58. The summed E-state index contributed by atoms with van der Waals surface area (Å²) in [6.45, 7) is 1.77. The van der Waals surface area contributed by atoms with E-state index in [2.05, 4.69) is 16.2 Å². The molecule has 1 atom stereocenters. The van der Waals surface area contributed by atoms with Gasteiger partial charge in [0.15, 0.2) is 5.65 Å². The number of fused-ring (bicyclic) bond motifs is 1. The van der Waals surface area contributed by atoms with Gasteiger partial charge in [-0.05, 0) is 25.0 Å². The first-order valence-corrected chi connectivity index (χ1v) is 7.59. The van der Waals surface area contributed by atoms with Crippen LogP contribution in [0.15, 0.2) is 48.8 Å². The van der Waals surface area contributed by atoms with Gasteiger partial charge >= 0.3 is 5.97 Å². The lowest BCUT2D eigenvalue weighted by Gasteiger charge is -2.10. The van der Waals surface area contributed by atoms with Crippen molar-refractivity contribution in [1.29, 1.82) is 5.26 Å². The Balaban J connectivity index is 1.70. The number of ether oxygens (including phenoxy) is 1. The van der Waals surface area contributed by atoms with E-state index < -0.39 is 11.9 Å². The van der Waals surface area contributed by atoms with Gasteiger partial charge in [0.2, 0.25) is 0 Å². The van der Waals surface area contributed by atoms with Crippen molar-refractivity contribution in [2.75, 3.05) is 6.61 Å². The van der Waals surface area contributed by atoms with Crippen LogP contribution in [-0.2, 0) is 11.2 Å². The van der Waals surface area contributed by atoms with Gasteiger partial charge in [0.05, 0.1) is 17.7 Å². The van der Waals surface area contributed by atoms with Crippen molar-refractivity contribution >= 4 is 11.6 Å². The quantitative estimate of drug-likeness (QED) is 0.675. The maximum Gasteiger partial charge on any atom is 0.343 e. The molecule has 6 heteroatoms. The van der Waals surface area contributed by atoms with Crippen molar-refractivity contribution in [2.24, 2.45) is 5.92 Å². The fourth-order valence-electron chi connectivity index (χ4n) is 2.52. The zero-order valence-corrected chi connectivity index (χ0v) is 13.2. The Morgan fingerprint density at radius 3 is 2.88 bits per heavy atom. The summed E-state index contributed by atoms with van der Waals surface area (Å²) in [4.78, 5) is 16.6. The summed E-state index contributed by atoms with van der Waals surface area (Å²) in [5.74, 6) is -0.902. The van der Waals surface area contributed by atoms with Gasteiger partial charge in [-0.2, -0.15) is 10.4 Å². The average molecular weight is 320 g/mol. The minimum atomic E-state index is -0.505. The van der Waals surface area contributed by atoms with Crippen molar-refractivity contribution in [1.82, 2.24) is 14.6 Å². The summed E-state index contributed by atoms with van der Waals surface area (Å²) >= 11 is 0. The molecule has 0 radical (unpaired) electrons. The summed E-state index contributed by atoms with van der Waals surface area (Å²) in [6.07, 6.45) is 3.86. The summed E-state index contributed by atoms with van der Waals surface area (Å²) in [6, 6.07) is 13.6. The molecule has 0 spiro atoms. The number of esters is 1. The van der Waals surface area contributed by atoms with Gasteiger partial charge < -0.3 is 4.74 Å². The molecular formula is C18H16N4O2. The van der Waals surface area contributed by atoms with Crippen molar-refractivity contribution in [3.63, 3.8) is 0 Å². The second-order valence-corrected chi connectivity index (χ2v) is 5.46. The van der Waals surface area contributed by atoms with Crippen molar-refractivity contribution < 1.29 is 9.53 Å². The highest BCUT2D eigenvalue weighted by atomic mass is 16.5. The van der Waals surface area contributed by atoms with Crippen LogP contribution in [0.3, 0.4) is 0 Å². The van der Waals surface area contributed by atoms with Gasteiger partial charge in [-0.25, -0.2) is 14.3 Å². The van der Waals surface area contributed by atoms with E-state index in [1.54, 1.807) is 25.4 Å². The van der Waals surface area contributed by atoms with E-state index in [0.717, 1.165) is 5.56 Å². The largest absolute Gasteiger partial charge is 0.461 e. The second kappa shape index (κ2) is 6.92. The summed E-state index contributed by atoms with van der Waals surface area (Å²) in [7, 11) is 0. The van der Waals surface area contributed by atoms with Gasteiger partial charge in [-0.15, -0.1) is 0 Å². The smallest absolute Gasteiger partial charge is 0.343 e. The van der Waals surface area contributed by atoms with E-state index in [-0.39, 0.29) is 6.61 Å². The molecule has 0 aliphatic rings. The minimum Gasteiger partial charge on any atom is -0.461 e. The molecule has 1 aromatic carbocycles. The maximum absolute atomic E-state index is 12.4. The van der Waals surface area contributed by atoms with Crippen LogP contribution in [0.1, 0.15) is 21.6 Å². The first-order valence-electron chi connectivity index (χ1n) is 7.59. The first-order chi connectivity index (χ1) is 11.7. The molecular weight excluding hydrogens is 304 g/mol. The molecule has 0 saturated carbocycles. The molecule has 2 aromatic heterocycles. The summed E-state index contributed by atoms with van der Waals surface area (Å²) < 4.78 is 6.89. The first kappa shape index (κ1) is 15.7. The maximum atomic E-state index is 12.4. The van der Waals surface area contributed by atoms with E-state index in [4.69, 9.17) is 4.74 Å². The fourth-order valence-corrected chi connectivity index (χ4v) is 2.52. The Morgan fingerprint density at radius 1 is 1.33 bits per heavy atom. The molecule has 0 unspecified atom stereocenters. The van der Waals surface area contributed by atoms with E-state index in [1.165, 1.54) is 4.52 Å². The van der Waals surface area contributed by atoms with Crippen LogP contribution in [0.4, 0.5) is 0 Å². The number of rotatable bonds is 5. The molecule has 0 amide bonds. The lowest BCUT2D eigenvalue weighted by Crippen LogP contribution is -2.16. The van der Waals surface area contributed by atoms with Crippen molar-refractivity contribution in [3.05, 3.63) is 65.6 Å². The number of hydrogen-bond acceptors (Lipinski definition) is 5. The highest BCUT2D eigenvalue weighted by molar-refractivity contribution is 5.97. The molecule has 24 heavy (non-hydrogen) atoms. The van der Waals surface area contributed by atoms with Gasteiger partial charge in [0.25, 0.3) is 0 Å². The Labute approximate surface area is 139 Å². The molecule has 3 aromatic rings. The SMILES string of the molecule is Cc1nn2cccnc2c1C(=O)OC[C@H](C#N)Cc1ccccc1. The Morgan fingerprint density at radius 2 is 2.12 bits per heavy atom. The van der Waals surface area contributed by atoms with Crippen LogP contribution < -0.4 is 0 Å². The average Bonchev–Trinajstić information content (AvgIpc) is 2.95. The number of carbonyl (C=O) groups excluding carboxylic acids is 1. The minimum absolute atomic E-state index is 0.0356. The van der Waals surface area contributed by atoms with Gasteiger partial charge in [0, 0.05) is 12.4 Å². The Bertz CT molecular complexity index is 896. The third-order valence-electron chi connectivity index (χ3n) is 3.70. The van der Waals surface area contributed by atoms with Crippen LogP contribution in [-0.4, -0.2) is 27.2 Å². The van der Waals surface area contributed by atoms with Crippen LogP contribution in [0.2, 0.25) is 0 Å². The number of hydrogen-bond donors (Lipinski definition) is 0. The standard InChI is InChI=1S/C18H16N4O2/c1-13-16(17-20-8-5-9-22(17)21-13)18(23)24-12-15(11-19)10-14-6-3-2-4-7-14/h2-9,15H,10,12H2,1H3/t15-/m0/s1. The predicted molar refractivity (Wildman–Crippen MR) is 87.3 cm³/mol. The van der Waals surface area contributed by atoms with Crippen LogP contribution in [0, 0.1) is 24.2 Å². The molecule has 0 bridgehead atoms. The molecule has 6 nitrogen and oxygen atoms in total. The Hall–Kier alpha value is -3.20. The lowest BCUT2D eigenvalue weighted by atomic mass is 10.0. The number of nitriles is 1. The highest BCUT2D eigenvalue weighted by Crippen LogP contribution is 2.15. The number of nitrogens with zero attached hydrogens (tertiary/aromatic N) is 4. The monoisotopic (exact) mass is 320 g/mol. The number of aromatic nitrogens is 3. The third kappa shape index (κ3) is 3.25. The van der Waals surface area contributed by atoms with Gasteiger partial charge in [-0.1, -0.05) is 30.3 Å². The van der Waals surface area contributed by atoms with E-state index >= 15 is 0 Å². The molecule has 3 rings (SSSR count). The van der Waals surface area contributed by atoms with Crippen LogP contribution in [0.25, 0.3) is 5.65 Å². The summed E-state index contributed by atoms with van der Waals surface area (Å²) in [5.41, 5.74) is 2.38. The molecule has 0 N–H and O–H groups in total. The lowest BCUT2D eigenvalue weighted by molar-refractivity contribution is 0.0469. The molecule has 2 heterocycles. The third-order valence-corrected chi connectivity index (χ3v) is 3.70. The second-order valence-electron chi connectivity index (χ2n) is 5.46. The molecule has 0 fully saturated rings. The van der Waals surface area contributed by atoms with Crippen LogP contribution >= 0.6 is 0 Å². The van der Waals surface area contributed by atoms with Gasteiger partial charge in [-0.3, -0.25) is 0 Å². The number of carbonyl (C=O) groups is 1. The molecule has 0 saturated heterocycles. The topological polar surface area (TPSA) is 80.3 Å². The molecule has 0 aliphatic carbocycles. The van der Waals surface area contributed by atoms with Crippen molar-refractivity contribution in [2.45, 2.75) is 13.3 Å². The normalized spacial score (nSPS) is 11.8.